The molecule has 0 spiro atoms. The van der Waals surface area contributed by atoms with Gasteiger partial charge in [-0.05, 0) is 62.1 Å². The number of anilines is 1. The molecule has 0 heterocycles. The molecule has 1 atom stereocenters. The van der Waals surface area contributed by atoms with Crippen LogP contribution in [-0.4, -0.2) is 38.8 Å². The highest BCUT2D eigenvalue weighted by Crippen LogP contribution is 2.31. The second-order valence-corrected chi connectivity index (χ2v) is 7.70. The number of carbonyl (C=O) groups is 2. The van der Waals surface area contributed by atoms with Crippen LogP contribution in [0.3, 0.4) is 0 Å². The fourth-order valence-electron chi connectivity index (χ4n) is 3.06. The van der Waals surface area contributed by atoms with Gasteiger partial charge in [-0.3, -0.25) is 4.79 Å². The van der Waals surface area contributed by atoms with Crippen molar-refractivity contribution >= 4 is 17.6 Å². The van der Waals surface area contributed by atoms with E-state index in [2.05, 4.69) is 16.0 Å². The standard InChI is InChI=1S/C25H35N3O5/c1-6-12-32-22-11-9-19(15-23(22)33-13-7-2)18(4)27-25(30)26-16-24(29)28-20-14-17(3)8-10-21(20)31-5/h8-11,14-15,18H,6-7,12-13,16H2,1-5H3,(H,28,29)(H2,26,27,30). The van der Waals surface area contributed by atoms with E-state index in [0.29, 0.717) is 36.1 Å². The molecule has 8 nitrogen and oxygen atoms in total. The van der Waals surface area contributed by atoms with Crippen molar-refractivity contribution < 1.29 is 23.8 Å². The minimum Gasteiger partial charge on any atom is -0.495 e. The van der Waals surface area contributed by atoms with Gasteiger partial charge in [-0.25, -0.2) is 4.79 Å². The number of urea groups is 1. The maximum atomic E-state index is 12.3. The van der Waals surface area contributed by atoms with Gasteiger partial charge in [0.1, 0.15) is 5.75 Å². The predicted octanol–water partition coefficient (Wildman–Crippen LogP) is 4.58. The van der Waals surface area contributed by atoms with Crippen LogP contribution in [0.25, 0.3) is 0 Å². The Kier molecular flexibility index (Phi) is 10.3. The molecular weight excluding hydrogens is 422 g/mol. The van der Waals surface area contributed by atoms with E-state index >= 15 is 0 Å². The van der Waals surface area contributed by atoms with Gasteiger partial charge in [-0.15, -0.1) is 0 Å². The van der Waals surface area contributed by atoms with E-state index in [1.165, 1.54) is 7.11 Å². The van der Waals surface area contributed by atoms with Crippen molar-refractivity contribution in [2.75, 3.05) is 32.2 Å². The van der Waals surface area contributed by atoms with Crippen LogP contribution >= 0.6 is 0 Å². The second kappa shape index (κ2) is 13.2. The molecule has 0 saturated heterocycles. The number of aryl methyl sites for hydroxylation is 1. The van der Waals surface area contributed by atoms with Gasteiger partial charge < -0.3 is 30.2 Å². The van der Waals surface area contributed by atoms with Gasteiger partial charge in [0.2, 0.25) is 5.91 Å². The molecule has 2 rings (SSSR count). The van der Waals surface area contributed by atoms with Crippen LogP contribution in [0.2, 0.25) is 0 Å². The third-order valence-corrected chi connectivity index (χ3v) is 4.78. The first-order valence-corrected chi connectivity index (χ1v) is 11.3. The van der Waals surface area contributed by atoms with Gasteiger partial charge in [0.05, 0.1) is 38.6 Å². The summed E-state index contributed by atoms with van der Waals surface area (Å²) in [6, 6.07) is 10.4. The Morgan fingerprint density at radius 1 is 0.939 bits per heavy atom. The van der Waals surface area contributed by atoms with Crippen LogP contribution in [0.15, 0.2) is 36.4 Å². The van der Waals surface area contributed by atoms with Crippen molar-refractivity contribution in [1.29, 1.82) is 0 Å². The zero-order valence-electron chi connectivity index (χ0n) is 20.1. The third-order valence-electron chi connectivity index (χ3n) is 4.78. The molecule has 0 aliphatic carbocycles. The summed E-state index contributed by atoms with van der Waals surface area (Å²) >= 11 is 0. The molecule has 1 unspecified atom stereocenters. The Morgan fingerprint density at radius 3 is 2.27 bits per heavy atom. The van der Waals surface area contributed by atoms with Crippen molar-refractivity contribution in [2.45, 2.75) is 46.6 Å². The highest BCUT2D eigenvalue weighted by atomic mass is 16.5. The number of carbonyl (C=O) groups excluding carboxylic acids is 2. The van der Waals surface area contributed by atoms with Crippen LogP contribution in [0.4, 0.5) is 10.5 Å². The van der Waals surface area contributed by atoms with Crippen LogP contribution in [0, 0.1) is 6.92 Å². The smallest absolute Gasteiger partial charge is 0.315 e. The molecule has 0 aliphatic heterocycles. The van der Waals surface area contributed by atoms with E-state index in [9.17, 15) is 9.59 Å². The van der Waals surface area contributed by atoms with Crippen molar-refractivity contribution in [3.8, 4) is 17.2 Å². The minimum atomic E-state index is -0.448. The molecule has 0 bridgehead atoms. The number of benzene rings is 2. The van der Waals surface area contributed by atoms with E-state index in [-0.39, 0.29) is 18.5 Å². The molecule has 8 heteroatoms. The summed E-state index contributed by atoms with van der Waals surface area (Å²) in [6.45, 7) is 8.87. The lowest BCUT2D eigenvalue weighted by Gasteiger charge is -2.18. The number of rotatable bonds is 12. The molecule has 0 aliphatic rings. The maximum Gasteiger partial charge on any atom is 0.315 e. The van der Waals surface area contributed by atoms with Gasteiger partial charge >= 0.3 is 6.03 Å². The maximum absolute atomic E-state index is 12.3. The Morgan fingerprint density at radius 2 is 1.61 bits per heavy atom. The molecule has 33 heavy (non-hydrogen) atoms. The summed E-state index contributed by atoms with van der Waals surface area (Å²) in [5.74, 6) is 1.55. The van der Waals surface area contributed by atoms with Gasteiger partial charge in [-0.2, -0.15) is 0 Å². The van der Waals surface area contributed by atoms with Crippen LogP contribution in [0.1, 0.15) is 50.8 Å². The number of hydrogen-bond donors (Lipinski definition) is 3. The summed E-state index contributed by atoms with van der Waals surface area (Å²) in [5, 5.41) is 8.18. The number of methoxy groups -OCH3 is 1. The van der Waals surface area contributed by atoms with Gasteiger partial charge in [0.15, 0.2) is 11.5 Å². The lowest BCUT2D eigenvalue weighted by Crippen LogP contribution is -2.41. The Balaban J connectivity index is 1.93. The number of ether oxygens (including phenoxy) is 3. The predicted molar refractivity (Wildman–Crippen MR) is 129 cm³/mol. The lowest BCUT2D eigenvalue weighted by molar-refractivity contribution is -0.115. The topological polar surface area (TPSA) is 97.9 Å². The van der Waals surface area contributed by atoms with Crippen molar-refractivity contribution in [2.24, 2.45) is 0 Å². The van der Waals surface area contributed by atoms with E-state index in [0.717, 1.165) is 24.0 Å². The van der Waals surface area contributed by atoms with E-state index in [1.807, 2.05) is 58.0 Å². The molecule has 0 saturated carbocycles. The summed E-state index contributed by atoms with van der Waals surface area (Å²) in [7, 11) is 1.54. The number of hydrogen-bond acceptors (Lipinski definition) is 5. The molecule has 0 fully saturated rings. The Labute approximate surface area is 196 Å². The summed E-state index contributed by atoms with van der Waals surface area (Å²) in [5.41, 5.74) is 2.41. The number of nitrogens with one attached hydrogen (secondary N) is 3. The van der Waals surface area contributed by atoms with E-state index in [4.69, 9.17) is 14.2 Å². The van der Waals surface area contributed by atoms with Crippen molar-refractivity contribution in [3.63, 3.8) is 0 Å². The zero-order valence-corrected chi connectivity index (χ0v) is 20.1. The molecule has 2 aromatic rings. The van der Waals surface area contributed by atoms with E-state index < -0.39 is 6.03 Å². The SMILES string of the molecule is CCCOc1ccc(C(C)NC(=O)NCC(=O)Nc2cc(C)ccc2OC)cc1OCCC. The highest BCUT2D eigenvalue weighted by Gasteiger charge is 2.15. The highest BCUT2D eigenvalue weighted by molar-refractivity contribution is 5.95. The second-order valence-electron chi connectivity index (χ2n) is 7.70. The first kappa shape index (κ1) is 25.8. The largest absolute Gasteiger partial charge is 0.495 e. The quantitative estimate of drug-likeness (QED) is 0.433. The molecule has 2 aromatic carbocycles. The van der Waals surface area contributed by atoms with Gasteiger partial charge in [0, 0.05) is 0 Å². The lowest BCUT2D eigenvalue weighted by atomic mass is 10.1. The van der Waals surface area contributed by atoms with Gasteiger partial charge in [0.25, 0.3) is 0 Å². The van der Waals surface area contributed by atoms with Crippen molar-refractivity contribution in [1.82, 2.24) is 10.6 Å². The Hall–Kier alpha value is -3.42. The molecule has 0 aromatic heterocycles. The molecule has 0 radical (unpaired) electrons. The Bertz CT molecular complexity index is 932. The first-order valence-electron chi connectivity index (χ1n) is 11.3. The molecule has 180 valence electrons. The third kappa shape index (κ3) is 8.21. The van der Waals surface area contributed by atoms with Crippen LogP contribution < -0.4 is 30.2 Å². The number of amides is 3. The summed E-state index contributed by atoms with van der Waals surface area (Å²) in [4.78, 5) is 24.6. The van der Waals surface area contributed by atoms with Crippen LogP contribution in [-0.2, 0) is 4.79 Å². The molecular formula is C25H35N3O5. The normalized spacial score (nSPS) is 11.3. The van der Waals surface area contributed by atoms with E-state index in [1.54, 1.807) is 6.07 Å². The fourth-order valence-corrected chi connectivity index (χ4v) is 3.06. The minimum absolute atomic E-state index is 0.176. The zero-order chi connectivity index (χ0) is 24.2. The molecule has 3 amide bonds. The van der Waals surface area contributed by atoms with Crippen LogP contribution in [0.5, 0.6) is 17.2 Å². The summed E-state index contributed by atoms with van der Waals surface area (Å²) < 4.78 is 16.8. The summed E-state index contributed by atoms with van der Waals surface area (Å²) in [6.07, 6.45) is 1.78. The fraction of sp³-hybridized carbons (Fsp3) is 0.440. The monoisotopic (exact) mass is 457 g/mol. The first-order chi connectivity index (χ1) is 15.9. The van der Waals surface area contributed by atoms with Gasteiger partial charge in [-0.1, -0.05) is 26.0 Å². The average molecular weight is 458 g/mol. The average Bonchev–Trinajstić information content (AvgIpc) is 2.80. The molecule has 3 N–H and O–H groups in total. The van der Waals surface area contributed by atoms with Crippen molar-refractivity contribution in [3.05, 3.63) is 47.5 Å².